The molecule has 1 aromatic heterocycles. The molecular formula is C13H10Cl2N2O. The van der Waals surface area contributed by atoms with Gasteiger partial charge in [-0.2, -0.15) is 0 Å². The van der Waals surface area contributed by atoms with Crippen molar-refractivity contribution in [2.24, 2.45) is 0 Å². The van der Waals surface area contributed by atoms with Gasteiger partial charge < -0.3 is 5.32 Å². The highest BCUT2D eigenvalue weighted by Gasteiger charge is 2.11. The second-order valence-corrected chi connectivity index (χ2v) is 4.52. The van der Waals surface area contributed by atoms with Crippen LogP contribution in [-0.2, 0) is 0 Å². The molecule has 92 valence electrons. The number of benzene rings is 1. The van der Waals surface area contributed by atoms with Gasteiger partial charge in [0.25, 0.3) is 5.91 Å². The Hall–Kier alpha value is -1.58. The van der Waals surface area contributed by atoms with Crippen molar-refractivity contribution in [3.05, 3.63) is 57.8 Å². The first-order chi connectivity index (χ1) is 8.58. The molecule has 1 heterocycles. The molecule has 0 unspecified atom stereocenters. The smallest absolute Gasteiger partial charge is 0.257 e. The number of nitrogens with zero attached hydrogens (tertiary/aromatic N) is 1. The van der Waals surface area contributed by atoms with Gasteiger partial charge in [0.1, 0.15) is 5.15 Å². The Labute approximate surface area is 115 Å². The molecule has 0 aliphatic carbocycles. The molecule has 0 aliphatic rings. The Morgan fingerprint density at radius 2 is 2.06 bits per heavy atom. The van der Waals surface area contributed by atoms with E-state index in [1.54, 1.807) is 24.3 Å². The molecule has 0 radical (unpaired) electrons. The molecule has 0 bridgehead atoms. The monoisotopic (exact) mass is 280 g/mol. The van der Waals surface area contributed by atoms with Crippen LogP contribution in [0.3, 0.4) is 0 Å². The summed E-state index contributed by atoms with van der Waals surface area (Å²) < 4.78 is 0. The Morgan fingerprint density at radius 1 is 1.28 bits per heavy atom. The zero-order valence-corrected chi connectivity index (χ0v) is 11.1. The van der Waals surface area contributed by atoms with Gasteiger partial charge in [-0.3, -0.25) is 4.79 Å². The highest BCUT2D eigenvalue weighted by molar-refractivity contribution is 6.35. The fourth-order valence-corrected chi connectivity index (χ4v) is 1.89. The molecule has 0 spiro atoms. The summed E-state index contributed by atoms with van der Waals surface area (Å²) in [5.41, 5.74) is 1.87. The number of carbonyl (C=O) groups is 1. The van der Waals surface area contributed by atoms with Crippen molar-refractivity contribution in [3.8, 4) is 0 Å². The first-order valence-electron chi connectivity index (χ1n) is 5.26. The summed E-state index contributed by atoms with van der Waals surface area (Å²) in [6.07, 6.45) is 1.52. The van der Waals surface area contributed by atoms with Crippen molar-refractivity contribution in [3.63, 3.8) is 0 Å². The van der Waals surface area contributed by atoms with Crippen LogP contribution in [-0.4, -0.2) is 10.9 Å². The third-order valence-electron chi connectivity index (χ3n) is 2.42. The van der Waals surface area contributed by atoms with Crippen molar-refractivity contribution in [1.29, 1.82) is 0 Å². The third kappa shape index (κ3) is 2.81. The van der Waals surface area contributed by atoms with Crippen molar-refractivity contribution >= 4 is 34.8 Å². The fraction of sp³-hybridized carbons (Fsp3) is 0.0769. The van der Waals surface area contributed by atoms with E-state index in [1.165, 1.54) is 6.20 Å². The van der Waals surface area contributed by atoms with E-state index in [9.17, 15) is 4.79 Å². The lowest BCUT2D eigenvalue weighted by Gasteiger charge is -2.08. The number of hydrogen-bond donors (Lipinski definition) is 1. The summed E-state index contributed by atoms with van der Waals surface area (Å²) >= 11 is 11.8. The van der Waals surface area contributed by atoms with Gasteiger partial charge in [-0.05, 0) is 30.7 Å². The molecule has 0 aliphatic heterocycles. The summed E-state index contributed by atoms with van der Waals surface area (Å²) in [7, 11) is 0. The minimum absolute atomic E-state index is 0.272. The minimum atomic E-state index is -0.272. The predicted octanol–water partition coefficient (Wildman–Crippen LogP) is 3.95. The quantitative estimate of drug-likeness (QED) is 0.847. The number of aromatic nitrogens is 1. The van der Waals surface area contributed by atoms with Gasteiger partial charge in [-0.15, -0.1) is 0 Å². The van der Waals surface area contributed by atoms with E-state index >= 15 is 0 Å². The molecule has 0 fully saturated rings. The van der Waals surface area contributed by atoms with Crippen LogP contribution in [0.15, 0.2) is 36.5 Å². The molecule has 0 saturated carbocycles. The summed E-state index contributed by atoms with van der Waals surface area (Å²) in [6, 6.07) is 8.54. The van der Waals surface area contributed by atoms with Crippen LogP contribution in [0.5, 0.6) is 0 Å². The molecule has 1 aromatic carbocycles. The standard InChI is InChI=1S/C13H10Cl2N2O/c1-8-3-2-4-10(12(8)15)13(18)17-9-5-6-16-11(14)7-9/h2-7H,1H3,(H,16,17,18). The number of halogens is 2. The van der Waals surface area contributed by atoms with Crippen LogP contribution in [0.1, 0.15) is 15.9 Å². The highest BCUT2D eigenvalue weighted by atomic mass is 35.5. The summed E-state index contributed by atoms with van der Waals surface area (Å²) in [5.74, 6) is -0.272. The molecule has 2 rings (SSSR count). The van der Waals surface area contributed by atoms with Gasteiger partial charge in [-0.25, -0.2) is 4.98 Å². The van der Waals surface area contributed by atoms with E-state index < -0.39 is 0 Å². The molecule has 1 N–H and O–H groups in total. The molecule has 2 aromatic rings. The lowest BCUT2D eigenvalue weighted by Crippen LogP contribution is -2.12. The van der Waals surface area contributed by atoms with E-state index in [-0.39, 0.29) is 5.91 Å². The molecule has 18 heavy (non-hydrogen) atoms. The van der Waals surface area contributed by atoms with Gasteiger partial charge in [-0.1, -0.05) is 35.3 Å². The van der Waals surface area contributed by atoms with Gasteiger partial charge in [0.15, 0.2) is 0 Å². The second kappa shape index (κ2) is 5.38. The van der Waals surface area contributed by atoms with Crippen molar-refractivity contribution in [2.45, 2.75) is 6.92 Å². The van der Waals surface area contributed by atoms with Gasteiger partial charge in [0, 0.05) is 11.9 Å². The van der Waals surface area contributed by atoms with E-state index in [2.05, 4.69) is 10.3 Å². The van der Waals surface area contributed by atoms with Crippen LogP contribution in [0, 0.1) is 6.92 Å². The summed E-state index contributed by atoms with van der Waals surface area (Å²) in [4.78, 5) is 15.9. The van der Waals surface area contributed by atoms with Crippen LogP contribution in [0.2, 0.25) is 10.2 Å². The number of carbonyl (C=O) groups excluding carboxylic acids is 1. The Balaban J connectivity index is 2.25. The van der Waals surface area contributed by atoms with E-state index in [1.807, 2.05) is 13.0 Å². The maximum atomic E-state index is 12.0. The topological polar surface area (TPSA) is 42.0 Å². The Morgan fingerprint density at radius 3 is 2.78 bits per heavy atom. The molecular weight excluding hydrogens is 271 g/mol. The fourth-order valence-electron chi connectivity index (χ4n) is 1.50. The molecule has 1 amide bonds. The van der Waals surface area contributed by atoms with E-state index in [0.717, 1.165) is 5.56 Å². The van der Waals surface area contributed by atoms with E-state index in [0.29, 0.717) is 21.4 Å². The zero-order valence-electron chi connectivity index (χ0n) is 9.58. The van der Waals surface area contributed by atoms with Gasteiger partial charge in [0.2, 0.25) is 0 Å². The second-order valence-electron chi connectivity index (χ2n) is 3.76. The molecule has 0 saturated heterocycles. The Bertz CT molecular complexity index is 599. The summed E-state index contributed by atoms with van der Waals surface area (Å²) in [6.45, 7) is 1.85. The van der Waals surface area contributed by atoms with Crippen molar-refractivity contribution in [2.75, 3.05) is 5.32 Å². The number of amides is 1. The zero-order chi connectivity index (χ0) is 13.1. The maximum Gasteiger partial charge on any atom is 0.257 e. The number of rotatable bonds is 2. The highest BCUT2D eigenvalue weighted by Crippen LogP contribution is 2.21. The lowest BCUT2D eigenvalue weighted by atomic mass is 10.1. The average Bonchev–Trinajstić information content (AvgIpc) is 2.32. The van der Waals surface area contributed by atoms with Gasteiger partial charge in [0.05, 0.1) is 10.6 Å². The van der Waals surface area contributed by atoms with Crippen LogP contribution >= 0.6 is 23.2 Å². The van der Waals surface area contributed by atoms with Crippen LogP contribution < -0.4 is 5.32 Å². The molecule has 0 atom stereocenters. The Kier molecular flexibility index (Phi) is 3.84. The number of hydrogen-bond acceptors (Lipinski definition) is 2. The van der Waals surface area contributed by atoms with Gasteiger partial charge >= 0.3 is 0 Å². The lowest BCUT2D eigenvalue weighted by molar-refractivity contribution is 0.102. The maximum absolute atomic E-state index is 12.0. The summed E-state index contributed by atoms with van der Waals surface area (Å²) in [5, 5.41) is 3.50. The average molecular weight is 281 g/mol. The SMILES string of the molecule is Cc1cccc(C(=O)Nc2ccnc(Cl)c2)c1Cl. The molecule has 5 heteroatoms. The number of aryl methyl sites for hydroxylation is 1. The molecule has 3 nitrogen and oxygen atoms in total. The number of nitrogens with one attached hydrogen (secondary N) is 1. The first kappa shape index (κ1) is 12.9. The largest absolute Gasteiger partial charge is 0.322 e. The normalized spacial score (nSPS) is 10.2. The van der Waals surface area contributed by atoms with Crippen LogP contribution in [0.4, 0.5) is 5.69 Å². The third-order valence-corrected chi connectivity index (χ3v) is 3.13. The van der Waals surface area contributed by atoms with Crippen LogP contribution in [0.25, 0.3) is 0 Å². The van der Waals surface area contributed by atoms with Crippen molar-refractivity contribution < 1.29 is 4.79 Å². The number of anilines is 1. The minimum Gasteiger partial charge on any atom is -0.322 e. The first-order valence-corrected chi connectivity index (χ1v) is 6.01. The van der Waals surface area contributed by atoms with E-state index in [4.69, 9.17) is 23.2 Å². The van der Waals surface area contributed by atoms with Crippen molar-refractivity contribution in [1.82, 2.24) is 4.98 Å². The number of pyridine rings is 1. The predicted molar refractivity (Wildman–Crippen MR) is 73.4 cm³/mol.